The van der Waals surface area contributed by atoms with E-state index in [9.17, 15) is 8.78 Å². The van der Waals surface area contributed by atoms with E-state index < -0.39 is 11.6 Å². The molecule has 0 amide bonds. The first-order valence-electron chi connectivity index (χ1n) is 5.98. The number of nitrogens with two attached hydrogens (primary N) is 1. The summed E-state index contributed by atoms with van der Waals surface area (Å²) in [6.45, 7) is 0. The second-order valence-corrected chi connectivity index (χ2v) is 4.79. The van der Waals surface area contributed by atoms with Crippen molar-refractivity contribution in [3.63, 3.8) is 0 Å². The average molecular weight is 310 g/mol. The van der Waals surface area contributed by atoms with Crippen LogP contribution in [0.4, 0.5) is 14.7 Å². The highest BCUT2D eigenvalue weighted by molar-refractivity contribution is 6.31. The first-order valence-corrected chi connectivity index (χ1v) is 6.36. The SMILES string of the molecule is COc1cc(-n2c(N)nc3cc(Cl)c(F)cc32)ccc1F. The lowest BCUT2D eigenvalue weighted by molar-refractivity contribution is 0.386. The molecule has 0 aliphatic heterocycles. The third-order valence-electron chi connectivity index (χ3n) is 3.12. The van der Waals surface area contributed by atoms with Gasteiger partial charge >= 0.3 is 0 Å². The second-order valence-electron chi connectivity index (χ2n) is 4.38. The minimum Gasteiger partial charge on any atom is -0.494 e. The molecule has 0 fully saturated rings. The van der Waals surface area contributed by atoms with Crippen LogP contribution in [0, 0.1) is 11.6 Å². The highest BCUT2D eigenvalue weighted by Crippen LogP contribution is 2.29. The van der Waals surface area contributed by atoms with Gasteiger partial charge in [-0.15, -0.1) is 0 Å². The van der Waals surface area contributed by atoms with Crippen LogP contribution < -0.4 is 10.5 Å². The van der Waals surface area contributed by atoms with Gasteiger partial charge in [0.25, 0.3) is 0 Å². The lowest BCUT2D eigenvalue weighted by Gasteiger charge is -2.09. The lowest BCUT2D eigenvalue weighted by atomic mass is 10.2. The molecule has 0 saturated carbocycles. The van der Waals surface area contributed by atoms with E-state index in [1.54, 1.807) is 0 Å². The highest BCUT2D eigenvalue weighted by Gasteiger charge is 2.14. The number of hydrogen-bond donors (Lipinski definition) is 1. The van der Waals surface area contributed by atoms with Gasteiger partial charge in [-0.05, 0) is 18.2 Å². The number of nitrogen functional groups attached to an aromatic ring is 1. The number of benzene rings is 2. The largest absolute Gasteiger partial charge is 0.494 e. The summed E-state index contributed by atoms with van der Waals surface area (Å²) in [4.78, 5) is 4.12. The van der Waals surface area contributed by atoms with Gasteiger partial charge in [0, 0.05) is 12.1 Å². The zero-order valence-electron chi connectivity index (χ0n) is 10.9. The first kappa shape index (κ1) is 13.6. The molecular formula is C14H10ClF2N3O. The number of halogens is 3. The summed E-state index contributed by atoms with van der Waals surface area (Å²) in [7, 11) is 1.36. The zero-order chi connectivity index (χ0) is 15.1. The van der Waals surface area contributed by atoms with Crippen molar-refractivity contribution < 1.29 is 13.5 Å². The molecule has 0 radical (unpaired) electrons. The molecule has 0 saturated heterocycles. The van der Waals surface area contributed by atoms with Crippen molar-refractivity contribution in [3.05, 3.63) is 47.0 Å². The number of nitrogens with zero attached hydrogens (tertiary/aromatic N) is 2. The van der Waals surface area contributed by atoms with Gasteiger partial charge in [-0.25, -0.2) is 13.8 Å². The van der Waals surface area contributed by atoms with Crippen LogP contribution in [0.5, 0.6) is 5.75 Å². The van der Waals surface area contributed by atoms with E-state index in [0.29, 0.717) is 16.7 Å². The van der Waals surface area contributed by atoms with Gasteiger partial charge in [-0.3, -0.25) is 4.57 Å². The Bertz CT molecular complexity index is 848. The van der Waals surface area contributed by atoms with Gasteiger partial charge in [-0.1, -0.05) is 11.6 Å². The molecule has 108 valence electrons. The molecule has 0 atom stereocenters. The smallest absolute Gasteiger partial charge is 0.205 e. The number of hydrogen-bond acceptors (Lipinski definition) is 3. The lowest BCUT2D eigenvalue weighted by Crippen LogP contribution is -2.01. The Balaban J connectivity index is 2.29. The summed E-state index contributed by atoms with van der Waals surface area (Å²) < 4.78 is 33.6. The third kappa shape index (κ3) is 2.17. The zero-order valence-corrected chi connectivity index (χ0v) is 11.7. The van der Waals surface area contributed by atoms with Crippen LogP contribution in [0.2, 0.25) is 5.02 Å². The van der Waals surface area contributed by atoms with E-state index in [0.717, 1.165) is 0 Å². The Morgan fingerprint density at radius 3 is 2.67 bits per heavy atom. The molecule has 2 aromatic carbocycles. The third-order valence-corrected chi connectivity index (χ3v) is 3.41. The maximum absolute atomic E-state index is 13.7. The van der Waals surface area contributed by atoms with Gasteiger partial charge in [-0.2, -0.15) is 0 Å². The van der Waals surface area contributed by atoms with Crippen LogP contribution >= 0.6 is 11.6 Å². The average Bonchev–Trinajstić information content (AvgIpc) is 2.75. The number of fused-ring (bicyclic) bond motifs is 1. The second kappa shape index (κ2) is 4.89. The number of methoxy groups -OCH3 is 1. The molecule has 4 nitrogen and oxygen atoms in total. The van der Waals surface area contributed by atoms with E-state index in [2.05, 4.69) is 4.98 Å². The van der Waals surface area contributed by atoms with E-state index in [1.165, 1.54) is 42.0 Å². The summed E-state index contributed by atoms with van der Waals surface area (Å²) in [5.41, 5.74) is 7.26. The topological polar surface area (TPSA) is 53.1 Å². The summed E-state index contributed by atoms with van der Waals surface area (Å²) in [6, 6.07) is 6.82. The molecule has 3 rings (SSSR count). The van der Waals surface area contributed by atoms with Crippen LogP contribution in [0.1, 0.15) is 0 Å². The molecular weight excluding hydrogens is 300 g/mol. The van der Waals surface area contributed by atoms with Crippen molar-refractivity contribution in [1.82, 2.24) is 9.55 Å². The van der Waals surface area contributed by atoms with Crippen LogP contribution in [0.25, 0.3) is 16.7 Å². The fraction of sp³-hybridized carbons (Fsp3) is 0.0714. The maximum Gasteiger partial charge on any atom is 0.205 e. The van der Waals surface area contributed by atoms with E-state index in [4.69, 9.17) is 22.1 Å². The number of ether oxygens (including phenoxy) is 1. The van der Waals surface area contributed by atoms with Gasteiger partial charge in [0.2, 0.25) is 5.95 Å². The predicted octanol–water partition coefficient (Wildman–Crippen LogP) is 3.55. The Kier molecular flexibility index (Phi) is 3.17. The number of anilines is 1. The van der Waals surface area contributed by atoms with Crippen molar-refractivity contribution in [3.8, 4) is 11.4 Å². The van der Waals surface area contributed by atoms with Gasteiger partial charge in [0.1, 0.15) is 5.82 Å². The normalized spacial score (nSPS) is 11.0. The minimum absolute atomic E-state index is 0.0381. The number of imidazole rings is 1. The Hall–Kier alpha value is -2.34. The van der Waals surface area contributed by atoms with Crippen LogP contribution in [-0.4, -0.2) is 16.7 Å². The number of rotatable bonds is 2. The molecule has 1 aromatic heterocycles. The molecule has 7 heteroatoms. The summed E-state index contributed by atoms with van der Waals surface area (Å²) in [5, 5.41) is -0.0381. The van der Waals surface area contributed by atoms with Gasteiger partial charge in [0.05, 0.1) is 28.9 Å². The Morgan fingerprint density at radius 1 is 1.19 bits per heavy atom. The quantitative estimate of drug-likeness (QED) is 0.787. The van der Waals surface area contributed by atoms with Crippen molar-refractivity contribution in [1.29, 1.82) is 0 Å². The monoisotopic (exact) mass is 309 g/mol. The molecule has 0 unspecified atom stereocenters. The van der Waals surface area contributed by atoms with E-state index >= 15 is 0 Å². The van der Waals surface area contributed by atoms with Crippen LogP contribution in [0.15, 0.2) is 30.3 Å². The van der Waals surface area contributed by atoms with Crippen molar-refractivity contribution in [2.45, 2.75) is 0 Å². The fourth-order valence-corrected chi connectivity index (χ4v) is 2.31. The standard InChI is InChI=1S/C14H10ClF2N3O/c1-21-13-4-7(2-3-9(13)16)20-12-6-10(17)8(15)5-11(12)19-14(20)18/h2-6H,1H3,(H2,18,19). The molecule has 0 spiro atoms. The Morgan fingerprint density at radius 2 is 1.95 bits per heavy atom. The molecule has 0 aliphatic carbocycles. The van der Waals surface area contributed by atoms with E-state index in [1.807, 2.05) is 0 Å². The molecule has 3 aromatic rings. The molecule has 0 bridgehead atoms. The first-order chi connectivity index (χ1) is 10.0. The van der Waals surface area contributed by atoms with Gasteiger partial charge in [0.15, 0.2) is 11.6 Å². The summed E-state index contributed by atoms with van der Waals surface area (Å²) in [6.07, 6.45) is 0. The van der Waals surface area contributed by atoms with Crippen molar-refractivity contribution in [2.24, 2.45) is 0 Å². The summed E-state index contributed by atoms with van der Waals surface area (Å²) >= 11 is 5.73. The summed E-state index contributed by atoms with van der Waals surface area (Å²) in [5.74, 6) is -0.888. The van der Waals surface area contributed by atoms with Crippen molar-refractivity contribution in [2.75, 3.05) is 12.8 Å². The fourth-order valence-electron chi connectivity index (χ4n) is 2.15. The molecule has 0 aliphatic rings. The predicted molar refractivity (Wildman–Crippen MR) is 77.0 cm³/mol. The van der Waals surface area contributed by atoms with Crippen molar-refractivity contribution >= 4 is 28.6 Å². The Labute approximate surface area is 123 Å². The maximum atomic E-state index is 13.7. The molecule has 2 N–H and O–H groups in total. The van der Waals surface area contributed by atoms with Gasteiger partial charge < -0.3 is 10.5 Å². The number of aromatic nitrogens is 2. The minimum atomic E-state index is -0.584. The van der Waals surface area contributed by atoms with Crippen LogP contribution in [-0.2, 0) is 0 Å². The molecule has 21 heavy (non-hydrogen) atoms. The van der Waals surface area contributed by atoms with Crippen LogP contribution in [0.3, 0.4) is 0 Å². The van der Waals surface area contributed by atoms with E-state index in [-0.39, 0.29) is 16.7 Å². The highest BCUT2D eigenvalue weighted by atomic mass is 35.5. The molecule has 1 heterocycles.